The van der Waals surface area contributed by atoms with Crippen molar-refractivity contribution in [2.75, 3.05) is 31.5 Å². The molecule has 0 saturated carbocycles. The summed E-state index contributed by atoms with van der Waals surface area (Å²) >= 11 is 7.74. The SMILES string of the molecule is Cc1nc(CN2CCN(C(C)C(=O)Nc3cc(Cl)ccc3C)CC2)cs1. The number of rotatable bonds is 5. The van der Waals surface area contributed by atoms with E-state index in [0.717, 1.165) is 54.7 Å². The highest BCUT2D eigenvalue weighted by Gasteiger charge is 2.26. The third-order valence-corrected chi connectivity index (χ3v) is 5.90. The Kier molecular flexibility index (Phi) is 6.29. The van der Waals surface area contributed by atoms with E-state index in [1.165, 1.54) is 0 Å². The van der Waals surface area contributed by atoms with Crippen LogP contribution in [0.15, 0.2) is 23.6 Å². The summed E-state index contributed by atoms with van der Waals surface area (Å²) in [6.45, 7) is 10.5. The highest BCUT2D eigenvalue weighted by Crippen LogP contribution is 2.21. The van der Waals surface area contributed by atoms with Crippen molar-refractivity contribution in [3.63, 3.8) is 0 Å². The number of carbonyl (C=O) groups is 1. The lowest BCUT2D eigenvalue weighted by molar-refractivity contribution is -0.121. The molecule has 1 unspecified atom stereocenters. The molecule has 0 spiro atoms. The van der Waals surface area contributed by atoms with Gasteiger partial charge in [-0.3, -0.25) is 14.6 Å². The molecule has 1 aliphatic rings. The van der Waals surface area contributed by atoms with Crippen molar-refractivity contribution in [3.8, 4) is 0 Å². The van der Waals surface area contributed by atoms with Crippen LogP contribution in [0.3, 0.4) is 0 Å². The predicted molar refractivity (Wildman–Crippen MR) is 108 cm³/mol. The number of aromatic nitrogens is 1. The minimum absolute atomic E-state index is 0.0129. The van der Waals surface area contributed by atoms with Gasteiger partial charge >= 0.3 is 0 Å². The lowest BCUT2D eigenvalue weighted by Gasteiger charge is -2.37. The van der Waals surface area contributed by atoms with Crippen LogP contribution >= 0.6 is 22.9 Å². The second-order valence-electron chi connectivity index (χ2n) is 6.79. The Morgan fingerprint density at radius 2 is 2.04 bits per heavy atom. The third-order valence-electron chi connectivity index (χ3n) is 4.84. The molecule has 3 rings (SSSR count). The van der Waals surface area contributed by atoms with E-state index in [0.29, 0.717) is 5.02 Å². The summed E-state index contributed by atoms with van der Waals surface area (Å²) in [5.74, 6) is 0.0129. The molecule has 1 saturated heterocycles. The average Bonchev–Trinajstić information content (AvgIpc) is 3.03. The number of nitrogens with zero attached hydrogens (tertiary/aromatic N) is 3. The predicted octanol–water partition coefficient (Wildman–Crippen LogP) is 3.56. The zero-order chi connectivity index (χ0) is 18.7. The molecule has 0 aliphatic carbocycles. The van der Waals surface area contributed by atoms with Crippen LogP contribution in [-0.2, 0) is 11.3 Å². The van der Waals surface area contributed by atoms with Gasteiger partial charge in [-0.05, 0) is 38.5 Å². The summed E-state index contributed by atoms with van der Waals surface area (Å²) in [7, 11) is 0. The normalized spacial score (nSPS) is 17.2. The van der Waals surface area contributed by atoms with E-state index in [4.69, 9.17) is 11.6 Å². The quantitative estimate of drug-likeness (QED) is 0.845. The number of hydrogen-bond donors (Lipinski definition) is 1. The summed E-state index contributed by atoms with van der Waals surface area (Å²) in [6, 6.07) is 5.38. The van der Waals surface area contributed by atoms with E-state index in [1.807, 2.05) is 32.9 Å². The molecule has 2 heterocycles. The Hall–Kier alpha value is -1.47. The van der Waals surface area contributed by atoms with Crippen molar-refractivity contribution < 1.29 is 4.79 Å². The minimum Gasteiger partial charge on any atom is -0.324 e. The van der Waals surface area contributed by atoms with Crippen LogP contribution in [0.5, 0.6) is 0 Å². The fraction of sp³-hybridized carbons (Fsp3) is 0.474. The van der Waals surface area contributed by atoms with Gasteiger partial charge in [0.15, 0.2) is 0 Å². The average molecular weight is 393 g/mol. The largest absolute Gasteiger partial charge is 0.324 e. The number of halogens is 1. The van der Waals surface area contributed by atoms with Gasteiger partial charge in [0.1, 0.15) is 0 Å². The van der Waals surface area contributed by atoms with Crippen LogP contribution in [0.25, 0.3) is 0 Å². The van der Waals surface area contributed by atoms with Gasteiger partial charge in [0.2, 0.25) is 5.91 Å². The zero-order valence-corrected chi connectivity index (χ0v) is 17.0. The molecule has 140 valence electrons. The molecular formula is C19H25ClN4OS. The first-order valence-corrected chi connectivity index (χ1v) is 10.1. The maximum atomic E-state index is 12.6. The first-order valence-electron chi connectivity index (χ1n) is 8.87. The fourth-order valence-electron chi connectivity index (χ4n) is 3.15. The summed E-state index contributed by atoms with van der Waals surface area (Å²) < 4.78 is 0. The Labute approximate surface area is 164 Å². The second-order valence-corrected chi connectivity index (χ2v) is 8.29. The number of thiazole rings is 1. The molecule has 2 aromatic rings. The number of piperazine rings is 1. The molecule has 5 nitrogen and oxygen atoms in total. The van der Waals surface area contributed by atoms with Gasteiger partial charge in [-0.2, -0.15) is 0 Å². The summed E-state index contributed by atoms with van der Waals surface area (Å²) in [6.07, 6.45) is 0. The first kappa shape index (κ1) is 19.3. The van der Waals surface area contributed by atoms with E-state index >= 15 is 0 Å². The lowest BCUT2D eigenvalue weighted by atomic mass is 10.1. The van der Waals surface area contributed by atoms with E-state index in [9.17, 15) is 4.79 Å². The topological polar surface area (TPSA) is 48.5 Å². The van der Waals surface area contributed by atoms with Crippen LogP contribution < -0.4 is 5.32 Å². The summed E-state index contributed by atoms with van der Waals surface area (Å²) in [5, 5.41) is 6.89. The Balaban J connectivity index is 1.51. The Morgan fingerprint density at radius 3 is 2.69 bits per heavy atom. The van der Waals surface area contributed by atoms with Crippen LogP contribution in [0.1, 0.15) is 23.2 Å². The molecular weight excluding hydrogens is 368 g/mol. The third kappa shape index (κ3) is 4.82. The highest BCUT2D eigenvalue weighted by molar-refractivity contribution is 7.09. The number of hydrogen-bond acceptors (Lipinski definition) is 5. The van der Waals surface area contributed by atoms with Crippen molar-refractivity contribution in [1.82, 2.24) is 14.8 Å². The molecule has 1 aromatic heterocycles. The van der Waals surface area contributed by atoms with Gasteiger partial charge < -0.3 is 5.32 Å². The number of benzene rings is 1. The van der Waals surface area contributed by atoms with E-state index in [-0.39, 0.29) is 11.9 Å². The Morgan fingerprint density at radius 1 is 1.31 bits per heavy atom. The van der Waals surface area contributed by atoms with Crippen LogP contribution in [0, 0.1) is 13.8 Å². The van der Waals surface area contributed by atoms with E-state index in [1.54, 1.807) is 17.4 Å². The van der Waals surface area contributed by atoms with Gasteiger partial charge in [0.05, 0.1) is 16.7 Å². The maximum Gasteiger partial charge on any atom is 0.241 e. The van der Waals surface area contributed by atoms with Gasteiger partial charge in [0.25, 0.3) is 0 Å². The van der Waals surface area contributed by atoms with Crippen LogP contribution in [0.4, 0.5) is 5.69 Å². The smallest absolute Gasteiger partial charge is 0.241 e. The van der Waals surface area contributed by atoms with Gasteiger partial charge in [-0.15, -0.1) is 11.3 Å². The number of nitrogens with one attached hydrogen (secondary N) is 1. The number of amides is 1. The zero-order valence-electron chi connectivity index (χ0n) is 15.5. The molecule has 1 fully saturated rings. The van der Waals surface area contributed by atoms with Gasteiger partial charge in [0, 0.05) is 48.8 Å². The molecule has 1 atom stereocenters. The van der Waals surface area contributed by atoms with Gasteiger partial charge in [-0.25, -0.2) is 4.98 Å². The number of aryl methyl sites for hydroxylation is 2. The number of carbonyl (C=O) groups excluding carboxylic acids is 1. The van der Waals surface area contributed by atoms with Crippen molar-refractivity contribution in [2.45, 2.75) is 33.4 Å². The lowest BCUT2D eigenvalue weighted by Crippen LogP contribution is -2.52. The van der Waals surface area contributed by atoms with Crippen molar-refractivity contribution >= 4 is 34.5 Å². The van der Waals surface area contributed by atoms with E-state index < -0.39 is 0 Å². The van der Waals surface area contributed by atoms with Crippen LogP contribution in [-0.4, -0.2) is 52.9 Å². The molecule has 26 heavy (non-hydrogen) atoms. The maximum absolute atomic E-state index is 12.6. The first-order chi connectivity index (χ1) is 12.4. The monoisotopic (exact) mass is 392 g/mol. The molecule has 0 bridgehead atoms. The Bertz CT molecular complexity index is 771. The van der Waals surface area contributed by atoms with E-state index in [2.05, 4.69) is 25.5 Å². The molecule has 1 N–H and O–H groups in total. The molecule has 1 amide bonds. The van der Waals surface area contributed by atoms with Gasteiger partial charge in [-0.1, -0.05) is 17.7 Å². The number of anilines is 1. The standard InChI is InChI=1S/C19H25ClN4OS/c1-13-4-5-16(20)10-18(13)22-19(25)14(2)24-8-6-23(7-9-24)11-17-12-26-15(3)21-17/h4-5,10,12,14H,6-9,11H2,1-3H3,(H,22,25). The van der Waals surface area contributed by atoms with Crippen molar-refractivity contribution in [3.05, 3.63) is 44.9 Å². The van der Waals surface area contributed by atoms with Crippen LogP contribution in [0.2, 0.25) is 5.02 Å². The molecule has 1 aromatic carbocycles. The highest BCUT2D eigenvalue weighted by atomic mass is 35.5. The van der Waals surface area contributed by atoms with Crippen molar-refractivity contribution in [2.24, 2.45) is 0 Å². The second kappa shape index (κ2) is 8.48. The summed E-state index contributed by atoms with van der Waals surface area (Å²) in [4.78, 5) is 21.8. The summed E-state index contributed by atoms with van der Waals surface area (Å²) in [5.41, 5.74) is 2.94. The molecule has 7 heteroatoms. The fourth-order valence-corrected chi connectivity index (χ4v) is 3.93. The molecule has 1 aliphatic heterocycles. The van der Waals surface area contributed by atoms with Crippen molar-refractivity contribution in [1.29, 1.82) is 0 Å². The molecule has 0 radical (unpaired) electrons. The minimum atomic E-state index is -0.169.